The summed E-state index contributed by atoms with van der Waals surface area (Å²) in [6.07, 6.45) is 0.186. The molecule has 0 bridgehead atoms. The molecule has 1 atom stereocenters. The topological polar surface area (TPSA) is 105 Å². The number of carbonyl (C=O) groups is 2. The predicted octanol–water partition coefficient (Wildman–Crippen LogP) is 2.50. The molecule has 0 aliphatic heterocycles. The summed E-state index contributed by atoms with van der Waals surface area (Å²) in [4.78, 5) is 26.8. The number of amides is 2. The molecule has 35 heavy (non-hydrogen) atoms. The van der Waals surface area contributed by atoms with Gasteiger partial charge in [0.25, 0.3) is 0 Å². The van der Waals surface area contributed by atoms with Gasteiger partial charge in [0.15, 0.2) is 0 Å². The van der Waals surface area contributed by atoms with Crippen molar-refractivity contribution >= 4 is 27.5 Å². The fraction of sp³-hybridized carbons (Fsp3) is 0.200. The maximum atomic E-state index is 13.9. The van der Waals surface area contributed by atoms with Crippen LogP contribution in [0.1, 0.15) is 5.56 Å². The Bertz CT molecular complexity index is 1270. The van der Waals surface area contributed by atoms with E-state index < -0.39 is 45.1 Å². The van der Waals surface area contributed by atoms with Crippen LogP contribution in [0.4, 0.5) is 10.1 Å². The van der Waals surface area contributed by atoms with Gasteiger partial charge in [-0.15, -0.1) is 0 Å². The summed E-state index contributed by atoms with van der Waals surface area (Å²) in [5, 5.41) is 2.60. The molecule has 2 amide bonds. The third-order valence-electron chi connectivity index (χ3n) is 5.26. The number of ether oxygens (including phenoxy) is 1. The van der Waals surface area contributed by atoms with Crippen LogP contribution in [0.15, 0.2) is 83.8 Å². The predicted molar refractivity (Wildman–Crippen MR) is 130 cm³/mol. The lowest BCUT2D eigenvalue weighted by atomic mass is 10.0. The first-order chi connectivity index (χ1) is 16.7. The van der Waals surface area contributed by atoms with Gasteiger partial charge in [-0.1, -0.05) is 42.5 Å². The number of methoxy groups -OCH3 is 1. The molecule has 0 spiro atoms. The van der Waals surface area contributed by atoms with Crippen LogP contribution in [0.2, 0.25) is 0 Å². The van der Waals surface area contributed by atoms with Crippen LogP contribution in [0.5, 0.6) is 5.75 Å². The van der Waals surface area contributed by atoms with Crippen molar-refractivity contribution in [1.82, 2.24) is 10.0 Å². The van der Waals surface area contributed by atoms with E-state index in [9.17, 15) is 22.4 Å². The fourth-order valence-electron chi connectivity index (χ4n) is 3.36. The number of halogens is 1. The highest BCUT2D eigenvalue weighted by atomic mass is 32.2. The monoisotopic (exact) mass is 499 g/mol. The molecule has 0 heterocycles. The quantitative estimate of drug-likeness (QED) is 0.446. The Morgan fingerprint density at radius 2 is 1.60 bits per heavy atom. The van der Waals surface area contributed by atoms with Gasteiger partial charge in [0.05, 0.1) is 13.7 Å². The molecule has 3 rings (SSSR count). The van der Waals surface area contributed by atoms with Gasteiger partial charge in [-0.2, -0.15) is 0 Å². The number of nitrogens with zero attached hydrogens (tertiary/aromatic N) is 1. The van der Waals surface area contributed by atoms with Gasteiger partial charge in [-0.25, -0.2) is 17.5 Å². The highest BCUT2D eigenvalue weighted by Gasteiger charge is 2.26. The van der Waals surface area contributed by atoms with Gasteiger partial charge >= 0.3 is 0 Å². The Morgan fingerprint density at radius 3 is 2.23 bits per heavy atom. The fourth-order valence-corrected chi connectivity index (χ4v) is 4.42. The summed E-state index contributed by atoms with van der Waals surface area (Å²) < 4.78 is 45.9. The molecular formula is C25H26FN3O5S. The normalized spacial score (nSPS) is 12.0. The second-order valence-electron chi connectivity index (χ2n) is 7.66. The second kappa shape index (κ2) is 11.6. The SMILES string of the molecule is COc1ccc(N(C)C(=O)[C@H](Cc2ccccc2)NC(=O)CNS(=O)(=O)c2ccccc2F)cc1. The molecule has 0 unspecified atom stereocenters. The lowest BCUT2D eigenvalue weighted by molar-refractivity contribution is -0.126. The third kappa shape index (κ3) is 6.87. The van der Waals surface area contributed by atoms with E-state index in [1.54, 1.807) is 31.3 Å². The van der Waals surface area contributed by atoms with Gasteiger partial charge in [-0.05, 0) is 42.0 Å². The van der Waals surface area contributed by atoms with E-state index in [4.69, 9.17) is 4.74 Å². The summed E-state index contributed by atoms with van der Waals surface area (Å²) in [6.45, 7) is -0.665. The first-order valence-electron chi connectivity index (χ1n) is 10.7. The Hall–Kier alpha value is -3.76. The van der Waals surface area contributed by atoms with Crippen LogP contribution in [-0.2, 0) is 26.0 Å². The van der Waals surface area contributed by atoms with E-state index in [-0.39, 0.29) is 6.42 Å². The largest absolute Gasteiger partial charge is 0.497 e. The second-order valence-corrected chi connectivity index (χ2v) is 9.40. The lowest BCUT2D eigenvalue weighted by Gasteiger charge is -2.25. The third-order valence-corrected chi connectivity index (χ3v) is 6.69. The zero-order valence-corrected chi connectivity index (χ0v) is 20.1. The highest BCUT2D eigenvalue weighted by molar-refractivity contribution is 7.89. The van der Waals surface area contributed by atoms with Gasteiger partial charge in [0.2, 0.25) is 21.8 Å². The molecule has 0 fully saturated rings. The molecule has 0 aliphatic carbocycles. The van der Waals surface area contributed by atoms with Gasteiger partial charge in [-0.3, -0.25) is 9.59 Å². The van der Waals surface area contributed by atoms with Crippen molar-refractivity contribution in [2.45, 2.75) is 17.4 Å². The molecule has 3 aromatic rings. The van der Waals surface area contributed by atoms with Crippen molar-refractivity contribution in [3.63, 3.8) is 0 Å². The van der Waals surface area contributed by atoms with Crippen LogP contribution in [0, 0.1) is 5.82 Å². The van der Waals surface area contributed by atoms with Crippen LogP contribution in [-0.4, -0.2) is 47.0 Å². The molecule has 0 saturated carbocycles. The number of hydrogen-bond donors (Lipinski definition) is 2. The van der Waals surface area contributed by atoms with Crippen LogP contribution >= 0.6 is 0 Å². The Labute approximate surface area is 203 Å². The van der Waals surface area contributed by atoms with Crippen molar-refractivity contribution in [2.75, 3.05) is 25.6 Å². The van der Waals surface area contributed by atoms with Crippen LogP contribution < -0.4 is 19.7 Å². The number of carbonyl (C=O) groups excluding carboxylic acids is 2. The number of hydrogen-bond acceptors (Lipinski definition) is 5. The summed E-state index contributed by atoms with van der Waals surface area (Å²) in [5.41, 5.74) is 1.39. The van der Waals surface area contributed by atoms with Gasteiger partial charge < -0.3 is 15.0 Å². The van der Waals surface area contributed by atoms with Crippen molar-refractivity contribution in [2.24, 2.45) is 0 Å². The van der Waals surface area contributed by atoms with E-state index in [2.05, 4.69) is 10.0 Å². The average molecular weight is 500 g/mol. The standard InChI is InChI=1S/C25H26FN3O5S/c1-29(19-12-14-20(34-2)15-13-19)25(31)22(16-18-8-4-3-5-9-18)28-24(30)17-27-35(32,33)23-11-7-6-10-21(23)26/h3-15,22,27H,16-17H2,1-2H3,(H,28,30)/t22-/m0/s1. The summed E-state index contributed by atoms with van der Waals surface area (Å²) in [5.74, 6) is -1.43. The van der Waals surface area contributed by atoms with E-state index in [1.807, 2.05) is 30.3 Å². The van der Waals surface area contributed by atoms with E-state index in [0.29, 0.717) is 11.4 Å². The molecule has 10 heteroatoms. The maximum absolute atomic E-state index is 13.9. The molecule has 0 aromatic heterocycles. The van der Waals surface area contributed by atoms with Crippen molar-refractivity contribution in [1.29, 1.82) is 0 Å². The number of anilines is 1. The maximum Gasteiger partial charge on any atom is 0.249 e. The molecule has 0 radical (unpaired) electrons. The Balaban J connectivity index is 1.74. The van der Waals surface area contributed by atoms with Crippen molar-refractivity contribution < 1.29 is 27.1 Å². The zero-order valence-electron chi connectivity index (χ0n) is 19.3. The number of benzene rings is 3. The first kappa shape index (κ1) is 25.9. The average Bonchev–Trinajstić information content (AvgIpc) is 2.87. The van der Waals surface area contributed by atoms with E-state index in [0.717, 1.165) is 17.7 Å². The van der Waals surface area contributed by atoms with Crippen molar-refractivity contribution in [3.8, 4) is 5.75 Å². The molecule has 184 valence electrons. The molecule has 0 aliphatic rings. The first-order valence-corrected chi connectivity index (χ1v) is 12.2. The smallest absolute Gasteiger partial charge is 0.249 e. The minimum absolute atomic E-state index is 0.186. The minimum atomic E-state index is -4.26. The molecular weight excluding hydrogens is 473 g/mol. The van der Waals surface area contributed by atoms with Crippen LogP contribution in [0.25, 0.3) is 0 Å². The summed E-state index contributed by atoms with van der Waals surface area (Å²) >= 11 is 0. The van der Waals surface area contributed by atoms with Gasteiger partial charge in [0.1, 0.15) is 22.5 Å². The minimum Gasteiger partial charge on any atom is -0.497 e. The summed E-state index contributed by atoms with van der Waals surface area (Å²) in [6, 6.07) is 19.8. The molecule has 2 N–H and O–H groups in total. The number of rotatable bonds is 10. The van der Waals surface area contributed by atoms with Crippen molar-refractivity contribution in [3.05, 3.63) is 90.2 Å². The Morgan fingerprint density at radius 1 is 0.971 bits per heavy atom. The Kier molecular flexibility index (Phi) is 8.56. The highest BCUT2D eigenvalue weighted by Crippen LogP contribution is 2.19. The number of likely N-dealkylation sites (N-methyl/N-ethyl adjacent to an activating group) is 1. The molecule has 3 aromatic carbocycles. The summed E-state index contributed by atoms with van der Waals surface area (Å²) in [7, 11) is -1.14. The van der Waals surface area contributed by atoms with Crippen LogP contribution in [0.3, 0.4) is 0 Å². The zero-order chi connectivity index (χ0) is 25.4. The van der Waals surface area contributed by atoms with Gasteiger partial charge in [0, 0.05) is 19.2 Å². The lowest BCUT2D eigenvalue weighted by Crippen LogP contribution is -2.51. The van der Waals surface area contributed by atoms with E-state index >= 15 is 0 Å². The molecule has 8 nitrogen and oxygen atoms in total. The number of nitrogens with one attached hydrogen (secondary N) is 2. The molecule has 0 saturated heterocycles. The number of sulfonamides is 1. The van der Waals surface area contributed by atoms with E-state index in [1.165, 1.54) is 24.1 Å².